The SMILES string of the molecule is COCCOc1ccccc1C(=O)c1ccc(N)cc1. The molecule has 104 valence electrons. The van der Waals surface area contributed by atoms with Gasteiger partial charge in [-0.25, -0.2) is 0 Å². The summed E-state index contributed by atoms with van der Waals surface area (Å²) in [5.41, 5.74) is 7.38. The molecule has 0 saturated heterocycles. The van der Waals surface area contributed by atoms with Crippen LogP contribution in [0.1, 0.15) is 15.9 Å². The fraction of sp³-hybridized carbons (Fsp3) is 0.188. The summed E-state index contributed by atoms with van der Waals surface area (Å²) in [6.45, 7) is 0.882. The van der Waals surface area contributed by atoms with Crippen LogP contribution in [-0.4, -0.2) is 26.1 Å². The van der Waals surface area contributed by atoms with Crippen LogP contribution in [0.25, 0.3) is 0 Å². The van der Waals surface area contributed by atoms with Crippen LogP contribution in [0.5, 0.6) is 5.75 Å². The molecule has 0 unspecified atom stereocenters. The summed E-state index contributed by atoms with van der Waals surface area (Å²) in [6.07, 6.45) is 0. The van der Waals surface area contributed by atoms with Crippen molar-refractivity contribution in [2.45, 2.75) is 0 Å². The summed E-state index contributed by atoms with van der Waals surface area (Å²) in [4.78, 5) is 12.5. The zero-order chi connectivity index (χ0) is 14.4. The fourth-order valence-electron chi connectivity index (χ4n) is 1.81. The lowest BCUT2D eigenvalue weighted by Gasteiger charge is -2.10. The minimum Gasteiger partial charge on any atom is -0.490 e. The van der Waals surface area contributed by atoms with Gasteiger partial charge in [0.15, 0.2) is 5.78 Å². The van der Waals surface area contributed by atoms with Crippen molar-refractivity contribution in [2.75, 3.05) is 26.1 Å². The van der Waals surface area contributed by atoms with E-state index in [2.05, 4.69) is 0 Å². The lowest BCUT2D eigenvalue weighted by molar-refractivity contribution is 0.103. The third-order valence-electron chi connectivity index (χ3n) is 2.85. The molecule has 0 heterocycles. The van der Waals surface area contributed by atoms with E-state index in [0.29, 0.717) is 35.8 Å². The zero-order valence-corrected chi connectivity index (χ0v) is 11.3. The van der Waals surface area contributed by atoms with E-state index < -0.39 is 0 Å². The molecule has 0 aliphatic heterocycles. The quantitative estimate of drug-likeness (QED) is 0.498. The summed E-state index contributed by atoms with van der Waals surface area (Å²) in [5.74, 6) is 0.476. The standard InChI is InChI=1S/C16H17NO3/c1-19-10-11-20-15-5-3-2-4-14(15)16(18)12-6-8-13(17)9-7-12/h2-9H,10-11,17H2,1H3. The first-order valence-corrected chi connectivity index (χ1v) is 6.33. The molecule has 2 aromatic carbocycles. The summed E-state index contributed by atoms with van der Waals surface area (Å²) >= 11 is 0. The second-order valence-corrected chi connectivity index (χ2v) is 4.29. The van der Waals surface area contributed by atoms with E-state index >= 15 is 0 Å². The topological polar surface area (TPSA) is 61.5 Å². The maximum absolute atomic E-state index is 12.5. The number of carbonyl (C=O) groups is 1. The number of anilines is 1. The van der Waals surface area contributed by atoms with Gasteiger partial charge in [0.1, 0.15) is 12.4 Å². The molecule has 0 radical (unpaired) electrons. The van der Waals surface area contributed by atoms with Gasteiger partial charge in [-0.05, 0) is 36.4 Å². The molecule has 0 bridgehead atoms. The van der Waals surface area contributed by atoms with Gasteiger partial charge < -0.3 is 15.2 Å². The molecular weight excluding hydrogens is 254 g/mol. The molecule has 2 rings (SSSR count). The lowest BCUT2D eigenvalue weighted by atomic mass is 10.0. The van der Waals surface area contributed by atoms with Gasteiger partial charge in [-0.15, -0.1) is 0 Å². The molecular formula is C16H17NO3. The molecule has 0 aliphatic carbocycles. The van der Waals surface area contributed by atoms with Gasteiger partial charge in [-0.3, -0.25) is 4.79 Å². The zero-order valence-electron chi connectivity index (χ0n) is 11.3. The van der Waals surface area contributed by atoms with Crippen molar-refractivity contribution < 1.29 is 14.3 Å². The molecule has 4 nitrogen and oxygen atoms in total. The monoisotopic (exact) mass is 271 g/mol. The summed E-state index contributed by atoms with van der Waals surface area (Å²) in [6, 6.07) is 14.0. The predicted molar refractivity (Wildman–Crippen MR) is 78.1 cm³/mol. The Kier molecular flexibility index (Phi) is 4.74. The van der Waals surface area contributed by atoms with E-state index in [1.807, 2.05) is 12.1 Å². The van der Waals surface area contributed by atoms with E-state index in [4.69, 9.17) is 15.2 Å². The highest BCUT2D eigenvalue weighted by Crippen LogP contribution is 2.22. The number of nitrogen functional groups attached to an aromatic ring is 1. The van der Waals surface area contributed by atoms with E-state index in [-0.39, 0.29) is 5.78 Å². The number of hydrogen-bond acceptors (Lipinski definition) is 4. The Morgan fingerprint density at radius 2 is 1.75 bits per heavy atom. The average molecular weight is 271 g/mol. The molecule has 2 aromatic rings. The molecule has 0 aromatic heterocycles. The van der Waals surface area contributed by atoms with Gasteiger partial charge in [0.05, 0.1) is 12.2 Å². The van der Waals surface area contributed by atoms with E-state index in [9.17, 15) is 4.79 Å². The van der Waals surface area contributed by atoms with Crippen molar-refractivity contribution in [3.05, 3.63) is 59.7 Å². The third kappa shape index (κ3) is 3.36. The Morgan fingerprint density at radius 1 is 1.05 bits per heavy atom. The number of methoxy groups -OCH3 is 1. The minimum atomic E-state index is -0.0852. The van der Waals surface area contributed by atoms with Gasteiger partial charge in [0.25, 0.3) is 0 Å². The number of nitrogens with two attached hydrogens (primary N) is 1. The second kappa shape index (κ2) is 6.73. The van der Waals surface area contributed by atoms with Crippen LogP contribution >= 0.6 is 0 Å². The lowest BCUT2D eigenvalue weighted by Crippen LogP contribution is -2.09. The third-order valence-corrected chi connectivity index (χ3v) is 2.85. The predicted octanol–water partition coefficient (Wildman–Crippen LogP) is 2.53. The number of rotatable bonds is 6. The van der Waals surface area contributed by atoms with Gasteiger partial charge in [0.2, 0.25) is 0 Å². The Morgan fingerprint density at radius 3 is 2.45 bits per heavy atom. The van der Waals surface area contributed by atoms with Gasteiger partial charge in [-0.2, -0.15) is 0 Å². The first-order valence-electron chi connectivity index (χ1n) is 6.33. The van der Waals surface area contributed by atoms with Crippen molar-refractivity contribution in [1.82, 2.24) is 0 Å². The van der Waals surface area contributed by atoms with Crippen LogP contribution in [0, 0.1) is 0 Å². The van der Waals surface area contributed by atoms with E-state index in [1.165, 1.54) is 0 Å². The van der Waals surface area contributed by atoms with Crippen LogP contribution in [0.3, 0.4) is 0 Å². The molecule has 4 heteroatoms. The Balaban J connectivity index is 2.23. The van der Waals surface area contributed by atoms with Crippen molar-refractivity contribution in [3.8, 4) is 5.75 Å². The van der Waals surface area contributed by atoms with Crippen LogP contribution in [0.15, 0.2) is 48.5 Å². The first kappa shape index (κ1) is 14.1. The summed E-state index contributed by atoms with van der Waals surface area (Å²) < 4.78 is 10.5. The van der Waals surface area contributed by atoms with Gasteiger partial charge in [-0.1, -0.05) is 12.1 Å². The highest BCUT2D eigenvalue weighted by Gasteiger charge is 2.14. The molecule has 0 amide bonds. The molecule has 0 spiro atoms. The van der Waals surface area contributed by atoms with Crippen LogP contribution in [0.4, 0.5) is 5.69 Å². The minimum absolute atomic E-state index is 0.0852. The molecule has 0 atom stereocenters. The molecule has 0 saturated carbocycles. The van der Waals surface area contributed by atoms with Crippen LogP contribution in [-0.2, 0) is 4.74 Å². The number of ether oxygens (including phenoxy) is 2. The summed E-state index contributed by atoms with van der Waals surface area (Å²) in [7, 11) is 1.61. The molecule has 20 heavy (non-hydrogen) atoms. The summed E-state index contributed by atoms with van der Waals surface area (Å²) in [5, 5.41) is 0. The van der Waals surface area contributed by atoms with Crippen molar-refractivity contribution in [1.29, 1.82) is 0 Å². The molecule has 0 aliphatic rings. The van der Waals surface area contributed by atoms with Gasteiger partial charge in [0, 0.05) is 18.4 Å². The molecule has 0 fully saturated rings. The average Bonchev–Trinajstić information content (AvgIpc) is 2.48. The number of ketones is 1. The van der Waals surface area contributed by atoms with Crippen LogP contribution in [0.2, 0.25) is 0 Å². The van der Waals surface area contributed by atoms with E-state index in [0.717, 1.165) is 0 Å². The maximum atomic E-state index is 12.5. The highest BCUT2D eigenvalue weighted by atomic mass is 16.5. The smallest absolute Gasteiger partial charge is 0.196 e. The van der Waals surface area contributed by atoms with Crippen molar-refractivity contribution >= 4 is 11.5 Å². The van der Waals surface area contributed by atoms with Gasteiger partial charge >= 0.3 is 0 Å². The van der Waals surface area contributed by atoms with Crippen LogP contribution < -0.4 is 10.5 Å². The Bertz CT molecular complexity index is 579. The molecule has 2 N–H and O–H groups in total. The fourth-order valence-corrected chi connectivity index (χ4v) is 1.81. The number of hydrogen-bond donors (Lipinski definition) is 1. The number of benzene rings is 2. The number of carbonyl (C=O) groups excluding carboxylic acids is 1. The first-order chi connectivity index (χ1) is 9.72. The van der Waals surface area contributed by atoms with Crippen molar-refractivity contribution in [2.24, 2.45) is 0 Å². The number of para-hydroxylation sites is 1. The van der Waals surface area contributed by atoms with E-state index in [1.54, 1.807) is 43.5 Å². The normalized spacial score (nSPS) is 10.2. The Hall–Kier alpha value is -2.33. The largest absolute Gasteiger partial charge is 0.490 e. The maximum Gasteiger partial charge on any atom is 0.196 e. The second-order valence-electron chi connectivity index (χ2n) is 4.29. The van der Waals surface area contributed by atoms with Crippen molar-refractivity contribution in [3.63, 3.8) is 0 Å². The highest BCUT2D eigenvalue weighted by molar-refractivity contribution is 6.10. The Labute approximate surface area is 118 Å².